The highest BCUT2D eigenvalue weighted by atomic mass is 16.6. The normalized spacial score (nSPS) is 12.5. The van der Waals surface area contributed by atoms with Crippen molar-refractivity contribution in [1.82, 2.24) is 15.0 Å². The molecule has 4 rings (SSSR count). The lowest BCUT2D eigenvalue weighted by atomic mass is 10.2. The Morgan fingerprint density at radius 2 is 2.00 bits per heavy atom. The van der Waals surface area contributed by atoms with E-state index in [0.29, 0.717) is 23.8 Å². The summed E-state index contributed by atoms with van der Waals surface area (Å²) >= 11 is 0. The van der Waals surface area contributed by atoms with E-state index < -0.39 is 4.92 Å². The van der Waals surface area contributed by atoms with E-state index in [1.165, 1.54) is 12.1 Å². The van der Waals surface area contributed by atoms with E-state index in [0.717, 1.165) is 16.7 Å². The predicted molar refractivity (Wildman–Crippen MR) is 102 cm³/mol. The summed E-state index contributed by atoms with van der Waals surface area (Å²) in [5, 5.41) is 15.9. The van der Waals surface area contributed by atoms with E-state index in [1.54, 1.807) is 12.1 Å². The van der Waals surface area contributed by atoms with Crippen LogP contribution in [0.5, 0.6) is 0 Å². The highest BCUT2D eigenvalue weighted by Crippen LogP contribution is 2.28. The minimum atomic E-state index is -0.451. The zero-order valence-electron chi connectivity index (χ0n) is 15.4. The number of para-hydroxylation sites is 1. The summed E-state index contributed by atoms with van der Waals surface area (Å²) in [7, 11) is 1.94. The fraction of sp³-hybridized carbons (Fsp3) is 0.200. The van der Waals surface area contributed by atoms with Crippen LogP contribution in [0.3, 0.4) is 0 Å². The highest BCUT2D eigenvalue weighted by Gasteiger charge is 2.19. The fourth-order valence-corrected chi connectivity index (χ4v) is 2.97. The standard InChI is InChI=1S/C20H18N4O4/c1-13(18-11-14-6-3-4-9-17(14)27-18)23(2)12-19-21-20(22-28-19)15-7-5-8-16(10-15)24(25)26/h3-11,13H,12H2,1-2H3. The van der Waals surface area contributed by atoms with Crippen LogP contribution in [0.25, 0.3) is 22.4 Å². The molecule has 28 heavy (non-hydrogen) atoms. The number of nitro groups is 1. The second-order valence-electron chi connectivity index (χ2n) is 6.60. The third kappa shape index (κ3) is 3.49. The molecule has 2 aromatic heterocycles. The van der Waals surface area contributed by atoms with Gasteiger partial charge in [-0.3, -0.25) is 15.0 Å². The molecule has 0 radical (unpaired) electrons. The first kappa shape index (κ1) is 17.9. The lowest BCUT2D eigenvalue weighted by molar-refractivity contribution is -0.384. The SMILES string of the molecule is CC(c1cc2ccccc2o1)N(C)Cc1nc(-c2cccc([N+](=O)[O-])c2)no1. The van der Waals surface area contributed by atoms with Crippen molar-refractivity contribution < 1.29 is 13.9 Å². The largest absolute Gasteiger partial charge is 0.459 e. The van der Waals surface area contributed by atoms with Crippen LogP contribution in [0.4, 0.5) is 5.69 Å². The van der Waals surface area contributed by atoms with E-state index >= 15 is 0 Å². The van der Waals surface area contributed by atoms with Gasteiger partial charge in [-0.15, -0.1) is 0 Å². The lowest BCUT2D eigenvalue weighted by Gasteiger charge is -2.20. The maximum Gasteiger partial charge on any atom is 0.270 e. The van der Waals surface area contributed by atoms with Gasteiger partial charge in [0.1, 0.15) is 11.3 Å². The molecule has 2 heterocycles. The van der Waals surface area contributed by atoms with Gasteiger partial charge in [0.2, 0.25) is 11.7 Å². The van der Waals surface area contributed by atoms with E-state index in [-0.39, 0.29) is 11.7 Å². The van der Waals surface area contributed by atoms with Crippen LogP contribution in [0.1, 0.15) is 24.6 Å². The maximum atomic E-state index is 10.9. The molecule has 0 amide bonds. The van der Waals surface area contributed by atoms with Crippen molar-refractivity contribution in [3.05, 3.63) is 76.4 Å². The van der Waals surface area contributed by atoms with Crippen molar-refractivity contribution in [2.75, 3.05) is 7.05 Å². The monoisotopic (exact) mass is 378 g/mol. The Bertz CT molecular complexity index is 1100. The van der Waals surface area contributed by atoms with Crippen LogP contribution in [0.15, 0.2) is 63.5 Å². The van der Waals surface area contributed by atoms with Crippen LogP contribution >= 0.6 is 0 Å². The Balaban J connectivity index is 1.50. The summed E-state index contributed by atoms with van der Waals surface area (Å²) in [5.74, 6) is 1.59. The number of nitrogens with zero attached hydrogens (tertiary/aromatic N) is 4. The van der Waals surface area contributed by atoms with Gasteiger partial charge in [0.25, 0.3) is 5.69 Å². The molecule has 8 nitrogen and oxygen atoms in total. The molecule has 4 aromatic rings. The molecule has 0 fully saturated rings. The summed E-state index contributed by atoms with van der Waals surface area (Å²) in [5.41, 5.74) is 1.38. The molecular weight excluding hydrogens is 360 g/mol. The Morgan fingerprint density at radius 1 is 1.18 bits per heavy atom. The zero-order chi connectivity index (χ0) is 19.7. The molecule has 2 aromatic carbocycles. The zero-order valence-corrected chi connectivity index (χ0v) is 15.4. The van der Waals surface area contributed by atoms with Crippen molar-refractivity contribution >= 4 is 16.7 Å². The number of nitro benzene ring substituents is 1. The van der Waals surface area contributed by atoms with Crippen molar-refractivity contribution in [3.8, 4) is 11.4 Å². The van der Waals surface area contributed by atoms with E-state index in [4.69, 9.17) is 8.94 Å². The summed E-state index contributed by atoms with van der Waals surface area (Å²) in [6, 6.07) is 16.1. The smallest absolute Gasteiger partial charge is 0.270 e. The molecule has 0 saturated heterocycles. The van der Waals surface area contributed by atoms with Crippen molar-refractivity contribution in [1.29, 1.82) is 0 Å². The van der Waals surface area contributed by atoms with Crippen molar-refractivity contribution in [2.45, 2.75) is 19.5 Å². The first-order valence-electron chi connectivity index (χ1n) is 8.77. The highest BCUT2D eigenvalue weighted by molar-refractivity contribution is 5.77. The van der Waals surface area contributed by atoms with Crippen LogP contribution < -0.4 is 0 Å². The molecule has 142 valence electrons. The number of fused-ring (bicyclic) bond motifs is 1. The second-order valence-corrected chi connectivity index (χ2v) is 6.60. The van der Waals surface area contributed by atoms with Gasteiger partial charge in [0.05, 0.1) is 17.5 Å². The minimum Gasteiger partial charge on any atom is -0.459 e. The number of benzene rings is 2. The topological polar surface area (TPSA) is 98.4 Å². The third-order valence-corrected chi connectivity index (χ3v) is 4.69. The first-order chi connectivity index (χ1) is 13.5. The van der Waals surface area contributed by atoms with Crippen LogP contribution in [0, 0.1) is 10.1 Å². The molecule has 1 unspecified atom stereocenters. The predicted octanol–water partition coefficient (Wildman–Crippen LogP) is 4.58. The van der Waals surface area contributed by atoms with Gasteiger partial charge in [-0.25, -0.2) is 0 Å². The summed E-state index contributed by atoms with van der Waals surface area (Å²) in [6.45, 7) is 2.45. The van der Waals surface area contributed by atoms with Gasteiger partial charge in [0.15, 0.2) is 0 Å². The van der Waals surface area contributed by atoms with E-state index in [9.17, 15) is 10.1 Å². The van der Waals surface area contributed by atoms with E-state index in [1.807, 2.05) is 49.2 Å². The first-order valence-corrected chi connectivity index (χ1v) is 8.77. The summed E-state index contributed by atoms with van der Waals surface area (Å²) < 4.78 is 11.3. The second kappa shape index (κ2) is 7.24. The molecule has 0 aliphatic rings. The molecule has 0 aliphatic heterocycles. The van der Waals surface area contributed by atoms with E-state index in [2.05, 4.69) is 10.1 Å². The number of furan rings is 1. The van der Waals surface area contributed by atoms with Crippen molar-refractivity contribution in [2.24, 2.45) is 0 Å². The number of aromatic nitrogens is 2. The average Bonchev–Trinajstić information content (AvgIpc) is 3.34. The van der Waals surface area contributed by atoms with Crippen LogP contribution in [-0.2, 0) is 6.54 Å². The molecule has 0 spiro atoms. The molecule has 0 aliphatic carbocycles. The van der Waals surface area contributed by atoms with Crippen LogP contribution in [-0.4, -0.2) is 27.0 Å². The van der Waals surface area contributed by atoms with Gasteiger partial charge in [0, 0.05) is 23.1 Å². The number of hydrogen-bond donors (Lipinski definition) is 0. The van der Waals surface area contributed by atoms with Gasteiger partial charge >= 0.3 is 0 Å². The average molecular weight is 378 g/mol. The Morgan fingerprint density at radius 3 is 2.79 bits per heavy atom. The van der Waals surface area contributed by atoms with Gasteiger partial charge in [-0.05, 0) is 26.1 Å². The number of rotatable bonds is 6. The van der Waals surface area contributed by atoms with Gasteiger partial charge in [-0.2, -0.15) is 4.98 Å². The van der Waals surface area contributed by atoms with Gasteiger partial charge < -0.3 is 8.94 Å². The Kier molecular flexibility index (Phi) is 4.62. The molecule has 0 N–H and O–H groups in total. The Labute approximate surface area is 160 Å². The third-order valence-electron chi connectivity index (χ3n) is 4.69. The van der Waals surface area contributed by atoms with Crippen LogP contribution in [0.2, 0.25) is 0 Å². The summed E-state index contributed by atoms with van der Waals surface area (Å²) in [4.78, 5) is 16.9. The Hall–Kier alpha value is -3.52. The number of non-ortho nitro benzene ring substituents is 1. The lowest BCUT2D eigenvalue weighted by Crippen LogP contribution is -2.21. The van der Waals surface area contributed by atoms with Crippen molar-refractivity contribution in [3.63, 3.8) is 0 Å². The number of hydrogen-bond acceptors (Lipinski definition) is 7. The fourth-order valence-electron chi connectivity index (χ4n) is 2.97. The minimum absolute atomic E-state index is 0.000521. The van der Waals surface area contributed by atoms with Gasteiger partial charge in [-0.1, -0.05) is 35.5 Å². The quantitative estimate of drug-likeness (QED) is 0.357. The molecule has 1 atom stereocenters. The molecular formula is C20H18N4O4. The molecule has 0 bridgehead atoms. The maximum absolute atomic E-state index is 10.9. The summed E-state index contributed by atoms with van der Waals surface area (Å²) in [6.07, 6.45) is 0. The molecule has 8 heteroatoms. The molecule has 0 saturated carbocycles.